The molecule has 1 heterocycles. The molecule has 4 aromatic rings. The van der Waals surface area contributed by atoms with E-state index in [1.807, 2.05) is 54.6 Å². The second-order valence-corrected chi connectivity index (χ2v) is 11.8. The molecule has 1 amide bonds. The third-order valence-corrected chi connectivity index (χ3v) is 8.37. The average Bonchev–Trinajstić information content (AvgIpc) is 3.47. The number of nitrogens with zero attached hydrogens (tertiary/aromatic N) is 2. The Balaban J connectivity index is 1.48. The van der Waals surface area contributed by atoms with Gasteiger partial charge < -0.3 is 10.4 Å². The van der Waals surface area contributed by atoms with Crippen LogP contribution in [0.1, 0.15) is 53.1 Å². The van der Waals surface area contributed by atoms with Gasteiger partial charge in [-0.05, 0) is 80.6 Å². The highest BCUT2D eigenvalue weighted by molar-refractivity contribution is 6.18. The molecule has 44 heavy (non-hydrogen) atoms. The van der Waals surface area contributed by atoms with Gasteiger partial charge in [-0.3, -0.25) is 14.7 Å². The maximum Gasteiger partial charge on any atom is 0.331 e. The molecule has 1 saturated heterocycles. The van der Waals surface area contributed by atoms with Crippen LogP contribution in [0, 0.1) is 19.7 Å². The predicted octanol–water partition coefficient (Wildman–Crippen LogP) is 6.97. The van der Waals surface area contributed by atoms with E-state index in [1.54, 1.807) is 12.1 Å². The Kier molecular flexibility index (Phi) is 9.35. The van der Waals surface area contributed by atoms with Crippen molar-refractivity contribution in [3.8, 4) is 0 Å². The van der Waals surface area contributed by atoms with Gasteiger partial charge in [0, 0.05) is 24.1 Å². The molecule has 2 N–H and O–H groups in total. The fourth-order valence-electron chi connectivity index (χ4n) is 5.79. The lowest BCUT2D eigenvalue weighted by molar-refractivity contribution is -0.142. The van der Waals surface area contributed by atoms with Gasteiger partial charge in [-0.1, -0.05) is 78.9 Å². The number of hydrogen-bond acceptors (Lipinski definition) is 4. The van der Waals surface area contributed by atoms with Gasteiger partial charge in [-0.25, -0.2) is 9.18 Å². The van der Waals surface area contributed by atoms with Crippen molar-refractivity contribution in [3.05, 3.63) is 136 Å². The molecule has 0 radical (unpaired) electrons. The zero-order valence-corrected chi connectivity index (χ0v) is 25.4. The number of hydrogen-bond donors (Lipinski definition) is 2. The summed E-state index contributed by atoms with van der Waals surface area (Å²) in [6.45, 7) is 7.25. The molecule has 0 aliphatic carbocycles. The van der Waals surface area contributed by atoms with E-state index < -0.39 is 17.3 Å². The fraction of sp³-hybridized carbons (Fsp3) is 0.270. The van der Waals surface area contributed by atoms with Crippen LogP contribution < -0.4 is 5.32 Å². The van der Waals surface area contributed by atoms with Crippen LogP contribution in [0.4, 0.5) is 10.1 Å². The molecular weight excluding hydrogens is 553 g/mol. The number of carbonyl (C=O) groups is 2. The van der Waals surface area contributed by atoms with E-state index in [9.17, 15) is 19.1 Å². The number of aryl methyl sites for hydroxylation is 2. The number of likely N-dealkylation sites (tertiary alicyclic amines) is 1. The van der Waals surface area contributed by atoms with Crippen molar-refractivity contribution in [3.63, 3.8) is 0 Å². The van der Waals surface area contributed by atoms with E-state index in [1.165, 1.54) is 35.7 Å². The molecule has 0 aromatic heterocycles. The number of anilines is 1. The number of carboxylic acid groups (broad SMARTS) is 1. The zero-order valence-electron chi connectivity index (χ0n) is 25.4. The standard InChI is InChI=1S/C37H38FN3O3/c1-25-18-19-28(21-26(25)2)24-41-20-10-17-33(41)35(42)39-32-16-8-7-15-31(32)34(29-12-5-4-6-13-29)40-37(3,36(43)44)23-27-11-9-14-30(38)22-27/h4-9,11-16,18-19,21-22,33H,10,17,20,23-24H2,1-3H3,(H,39,42)(H,43,44)/t33-,37-/m0/s1. The molecule has 1 aliphatic heterocycles. The van der Waals surface area contributed by atoms with Gasteiger partial charge in [0.1, 0.15) is 5.82 Å². The van der Waals surface area contributed by atoms with Gasteiger partial charge >= 0.3 is 5.97 Å². The second kappa shape index (κ2) is 13.3. The monoisotopic (exact) mass is 591 g/mol. The summed E-state index contributed by atoms with van der Waals surface area (Å²) in [5, 5.41) is 13.5. The summed E-state index contributed by atoms with van der Waals surface area (Å²) in [6, 6.07) is 28.7. The minimum absolute atomic E-state index is 0.0134. The van der Waals surface area contributed by atoms with E-state index in [0.717, 1.165) is 19.4 Å². The van der Waals surface area contributed by atoms with E-state index >= 15 is 0 Å². The number of rotatable bonds is 10. The van der Waals surface area contributed by atoms with Gasteiger partial charge in [0.2, 0.25) is 5.91 Å². The van der Waals surface area contributed by atoms with Crippen LogP contribution >= 0.6 is 0 Å². The minimum Gasteiger partial charge on any atom is -0.479 e. The van der Waals surface area contributed by atoms with Crippen LogP contribution in [0.3, 0.4) is 0 Å². The molecule has 0 spiro atoms. The topological polar surface area (TPSA) is 82.0 Å². The van der Waals surface area contributed by atoms with Crippen LogP contribution in [-0.4, -0.2) is 45.7 Å². The van der Waals surface area contributed by atoms with Crippen LogP contribution in [0.2, 0.25) is 0 Å². The van der Waals surface area contributed by atoms with Crippen molar-refractivity contribution in [1.82, 2.24) is 4.90 Å². The fourth-order valence-corrected chi connectivity index (χ4v) is 5.79. The van der Waals surface area contributed by atoms with E-state index in [-0.39, 0.29) is 18.4 Å². The predicted molar refractivity (Wildman–Crippen MR) is 173 cm³/mol. The van der Waals surface area contributed by atoms with E-state index in [0.29, 0.717) is 34.6 Å². The summed E-state index contributed by atoms with van der Waals surface area (Å²) < 4.78 is 14.0. The molecule has 0 unspecified atom stereocenters. The van der Waals surface area contributed by atoms with Gasteiger partial charge in [0.05, 0.1) is 17.4 Å². The largest absolute Gasteiger partial charge is 0.479 e. The number of aliphatic carboxylic acids is 1. The molecule has 4 aromatic carbocycles. The van der Waals surface area contributed by atoms with Crippen molar-refractivity contribution in [2.75, 3.05) is 11.9 Å². The lowest BCUT2D eigenvalue weighted by Gasteiger charge is -2.26. The Hall–Kier alpha value is -4.62. The van der Waals surface area contributed by atoms with Crippen LogP contribution in [-0.2, 0) is 22.6 Å². The number of para-hydroxylation sites is 1. The van der Waals surface area contributed by atoms with E-state index in [4.69, 9.17) is 4.99 Å². The summed E-state index contributed by atoms with van der Waals surface area (Å²) in [5.41, 5.74) is 4.87. The first-order chi connectivity index (χ1) is 21.1. The summed E-state index contributed by atoms with van der Waals surface area (Å²) in [6.07, 6.45) is 1.67. The van der Waals surface area contributed by atoms with Gasteiger partial charge in [-0.15, -0.1) is 0 Å². The van der Waals surface area contributed by atoms with Gasteiger partial charge in [0.25, 0.3) is 0 Å². The molecule has 2 atom stereocenters. The highest BCUT2D eigenvalue weighted by atomic mass is 19.1. The van der Waals surface area contributed by atoms with Crippen LogP contribution in [0.15, 0.2) is 102 Å². The first kappa shape index (κ1) is 30.8. The van der Waals surface area contributed by atoms with Crippen molar-refractivity contribution < 1.29 is 19.1 Å². The molecular formula is C37H38FN3O3. The lowest BCUT2D eigenvalue weighted by atomic mass is 9.91. The first-order valence-electron chi connectivity index (χ1n) is 15.0. The quantitative estimate of drug-likeness (QED) is 0.195. The maximum absolute atomic E-state index is 14.0. The Morgan fingerprint density at radius 3 is 2.41 bits per heavy atom. The highest BCUT2D eigenvalue weighted by Gasteiger charge is 2.35. The molecule has 5 rings (SSSR count). The number of carbonyl (C=O) groups excluding carboxylic acids is 1. The SMILES string of the molecule is Cc1ccc(CN2CCC[C@H]2C(=O)Nc2ccccc2C(=N[C@@](C)(Cc2cccc(F)c2)C(=O)O)c2ccccc2)cc1C. The summed E-state index contributed by atoms with van der Waals surface area (Å²) in [5.74, 6) is -1.68. The second-order valence-electron chi connectivity index (χ2n) is 11.8. The molecule has 1 aliphatic rings. The number of nitrogens with one attached hydrogen (secondary N) is 1. The van der Waals surface area contributed by atoms with Crippen LogP contribution in [0.25, 0.3) is 0 Å². The lowest BCUT2D eigenvalue weighted by Crippen LogP contribution is -2.39. The Bertz CT molecular complexity index is 1690. The van der Waals surface area contributed by atoms with Gasteiger partial charge in [0.15, 0.2) is 5.54 Å². The summed E-state index contributed by atoms with van der Waals surface area (Å²) >= 11 is 0. The molecule has 0 bridgehead atoms. The molecule has 1 fully saturated rings. The summed E-state index contributed by atoms with van der Waals surface area (Å²) in [7, 11) is 0. The third kappa shape index (κ3) is 7.12. The van der Waals surface area contributed by atoms with Crippen molar-refractivity contribution in [2.45, 2.75) is 58.2 Å². The molecule has 7 heteroatoms. The maximum atomic E-state index is 14.0. The number of aliphatic imine (C=N–C) groups is 1. The summed E-state index contributed by atoms with van der Waals surface area (Å²) in [4.78, 5) is 33.6. The minimum atomic E-state index is -1.61. The van der Waals surface area contributed by atoms with Crippen LogP contribution in [0.5, 0.6) is 0 Å². The number of halogens is 1. The van der Waals surface area contributed by atoms with Crippen molar-refractivity contribution >= 4 is 23.3 Å². The highest BCUT2D eigenvalue weighted by Crippen LogP contribution is 2.28. The van der Waals surface area contributed by atoms with Crippen molar-refractivity contribution in [2.24, 2.45) is 4.99 Å². The first-order valence-corrected chi connectivity index (χ1v) is 15.0. The van der Waals surface area contributed by atoms with Gasteiger partial charge in [-0.2, -0.15) is 0 Å². The zero-order chi connectivity index (χ0) is 31.3. The van der Waals surface area contributed by atoms with Crippen molar-refractivity contribution in [1.29, 1.82) is 0 Å². The molecule has 226 valence electrons. The number of amides is 1. The smallest absolute Gasteiger partial charge is 0.331 e. The number of carboxylic acids is 1. The molecule has 6 nitrogen and oxygen atoms in total. The molecule has 0 saturated carbocycles. The average molecular weight is 592 g/mol. The Labute approximate surface area is 258 Å². The normalized spacial score (nSPS) is 16.8. The Morgan fingerprint density at radius 2 is 1.68 bits per heavy atom. The van der Waals surface area contributed by atoms with E-state index in [2.05, 4.69) is 42.3 Å². The number of benzene rings is 4. The Morgan fingerprint density at radius 1 is 0.932 bits per heavy atom. The third-order valence-electron chi connectivity index (χ3n) is 8.37.